The first-order valence-electron chi connectivity index (χ1n) is 21.8. The second-order valence-electron chi connectivity index (χ2n) is 16.2. The van der Waals surface area contributed by atoms with Crippen LogP contribution in [0.5, 0.6) is 0 Å². The number of piperidine rings is 1. The molecule has 7 rings (SSSR count). The molecule has 1 saturated heterocycles. The van der Waals surface area contributed by atoms with Gasteiger partial charge in [0.1, 0.15) is 11.9 Å². The van der Waals surface area contributed by atoms with Crippen LogP contribution < -0.4 is 16.0 Å². The number of amides is 5. The van der Waals surface area contributed by atoms with Crippen molar-refractivity contribution in [3.63, 3.8) is 0 Å². The summed E-state index contributed by atoms with van der Waals surface area (Å²) in [6.45, 7) is 4.69. The van der Waals surface area contributed by atoms with Crippen LogP contribution >= 0.6 is 0 Å². The lowest BCUT2D eigenvalue weighted by Gasteiger charge is -2.27. The van der Waals surface area contributed by atoms with Crippen LogP contribution in [-0.2, 0) is 41.6 Å². The Hall–Kier alpha value is -5.81. The largest absolute Gasteiger partial charge is 0.382 e. The minimum atomic E-state index is -1.02. The number of ketones is 1. The molecule has 16 heteroatoms. The van der Waals surface area contributed by atoms with E-state index in [1.165, 1.54) is 17.7 Å². The average molecular weight is 867 g/mol. The third kappa shape index (κ3) is 11.2. The number of aryl methyl sites for hydroxylation is 1. The molecule has 1 atom stereocenters. The quantitative estimate of drug-likeness (QED) is 0.0570. The number of aromatic amines is 1. The van der Waals surface area contributed by atoms with E-state index in [0.29, 0.717) is 82.3 Å². The minimum Gasteiger partial charge on any atom is -0.382 e. The molecular weight excluding hydrogens is 812 g/mol. The first-order valence-corrected chi connectivity index (χ1v) is 21.8. The number of Topliss-reactive ketones (excluding diaryl/α,β-unsaturated/α-hetero) is 1. The van der Waals surface area contributed by atoms with E-state index in [2.05, 4.69) is 57.1 Å². The summed E-state index contributed by atoms with van der Waals surface area (Å²) >= 11 is 0. The Morgan fingerprint density at radius 3 is 2.35 bits per heavy atom. The van der Waals surface area contributed by atoms with Crippen LogP contribution in [0.4, 0.5) is 10.1 Å². The molecule has 0 bridgehead atoms. The molecule has 4 aromatic rings. The standard InChI is InChI=1S/C47H55FN6O9/c1-53(29-30-12-14-31(15-13-30)44-33-7-6-10-39(55)35-27-32(48)28-37(51-44)42(33)35)20-4-2-3-11-40(56)50-19-22-62-24-26-63-25-23-61-21-18-49-36-9-5-8-34-43(36)47(60)54(46(34)59)38-16-17-41(57)52-45(38)58/h5,8-9,12-15,27-28,38,49,51H,2-4,6-7,10-11,16-26,29H2,1H3,(H,50,56)(H,52,57,58). The van der Waals surface area contributed by atoms with Crippen LogP contribution in [0.1, 0.15) is 93.6 Å². The van der Waals surface area contributed by atoms with Gasteiger partial charge in [0.05, 0.1) is 50.8 Å². The van der Waals surface area contributed by atoms with Crippen LogP contribution in [0.25, 0.3) is 22.2 Å². The topological polar surface area (TPSA) is 188 Å². The fourth-order valence-corrected chi connectivity index (χ4v) is 8.47. The number of ether oxygens (including phenoxy) is 3. The Morgan fingerprint density at radius 1 is 0.841 bits per heavy atom. The zero-order valence-electron chi connectivity index (χ0n) is 35.7. The Morgan fingerprint density at radius 2 is 1.59 bits per heavy atom. The smallest absolute Gasteiger partial charge is 0.264 e. The number of aromatic nitrogens is 1. The van der Waals surface area contributed by atoms with Gasteiger partial charge in [-0.1, -0.05) is 36.8 Å². The van der Waals surface area contributed by atoms with Gasteiger partial charge in [-0.2, -0.15) is 0 Å². The molecule has 3 aliphatic rings. The molecule has 0 radical (unpaired) electrons. The number of hydrogen-bond donors (Lipinski definition) is 4. The van der Waals surface area contributed by atoms with Crippen molar-refractivity contribution in [2.24, 2.45) is 0 Å². The van der Waals surface area contributed by atoms with Crippen molar-refractivity contribution in [1.82, 2.24) is 25.4 Å². The van der Waals surface area contributed by atoms with Gasteiger partial charge in [-0.25, -0.2) is 4.39 Å². The molecule has 1 fully saturated rings. The second-order valence-corrected chi connectivity index (χ2v) is 16.2. The zero-order valence-corrected chi connectivity index (χ0v) is 35.7. The molecule has 334 valence electrons. The Bertz CT molecular complexity index is 2330. The van der Waals surface area contributed by atoms with Crippen molar-refractivity contribution in [1.29, 1.82) is 0 Å². The van der Waals surface area contributed by atoms with Crippen molar-refractivity contribution in [2.45, 2.75) is 70.4 Å². The van der Waals surface area contributed by atoms with E-state index >= 15 is 0 Å². The lowest BCUT2D eigenvalue weighted by atomic mass is 9.99. The fraction of sp³-hybridized carbons (Fsp3) is 0.447. The summed E-state index contributed by atoms with van der Waals surface area (Å²) < 4.78 is 31.0. The Kier molecular flexibility index (Phi) is 15.4. The number of unbranched alkanes of at least 4 members (excludes halogenated alkanes) is 2. The molecule has 0 spiro atoms. The molecule has 15 nitrogen and oxygen atoms in total. The number of carbonyl (C=O) groups excluding carboxylic acids is 6. The number of nitrogens with one attached hydrogen (secondary N) is 4. The van der Waals surface area contributed by atoms with E-state index in [4.69, 9.17) is 14.2 Å². The van der Waals surface area contributed by atoms with Crippen LogP contribution in [-0.4, -0.2) is 122 Å². The maximum atomic E-state index is 14.3. The highest BCUT2D eigenvalue weighted by atomic mass is 19.1. The Balaban J connectivity index is 0.680. The van der Waals surface area contributed by atoms with Gasteiger partial charge in [0.15, 0.2) is 5.78 Å². The predicted molar refractivity (Wildman–Crippen MR) is 233 cm³/mol. The number of benzene rings is 3. The molecule has 1 aromatic heterocycles. The summed E-state index contributed by atoms with van der Waals surface area (Å²) in [5.41, 5.74) is 6.28. The van der Waals surface area contributed by atoms with Gasteiger partial charge < -0.3 is 34.7 Å². The van der Waals surface area contributed by atoms with Crippen molar-refractivity contribution < 1.29 is 47.4 Å². The highest BCUT2D eigenvalue weighted by Crippen LogP contribution is 2.37. The van der Waals surface area contributed by atoms with E-state index in [0.717, 1.165) is 72.3 Å². The highest BCUT2D eigenvalue weighted by molar-refractivity contribution is 6.25. The third-order valence-electron chi connectivity index (χ3n) is 11.6. The molecule has 63 heavy (non-hydrogen) atoms. The van der Waals surface area contributed by atoms with Gasteiger partial charge in [0, 0.05) is 66.7 Å². The molecule has 4 N–H and O–H groups in total. The lowest BCUT2D eigenvalue weighted by Crippen LogP contribution is -2.54. The first-order chi connectivity index (χ1) is 30.6. The first kappa shape index (κ1) is 45.2. The molecule has 2 aliphatic heterocycles. The van der Waals surface area contributed by atoms with Crippen LogP contribution in [0, 0.1) is 5.82 Å². The zero-order chi connectivity index (χ0) is 44.3. The van der Waals surface area contributed by atoms with Crippen molar-refractivity contribution >= 4 is 51.9 Å². The molecule has 3 aromatic carbocycles. The fourth-order valence-electron chi connectivity index (χ4n) is 8.47. The highest BCUT2D eigenvalue weighted by Gasteiger charge is 2.45. The number of carbonyl (C=O) groups is 6. The van der Waals surface area contributed by atoms with E-state index in [9.17, 15) is 33.2 Å². The summed E-state index contributed by atoms with van der Waals surface area (Å²) in [5.74, 6) is -2.59. The number of fused-ring (bicyclic) bond motifs is 1. The summed E-state index contributed by atoms with van der Waals surface area (Å²) in [7, 11) is 2.09. The van der Waals surface area contributed by atoms with E-state index < -0.39 is 35.5 Å². The van der Waals surface area contributed by atoms with Crippen LogP contribution in [0.2, 0.25) is 0 Å². The van der Waals surface area contributed by atoms with Gasteiger partial charge in [-0.05, 0) is 86.7 Å². The van der Waals surface area contributed by atoms with Crippen molar-refractivity contribution in [3.8, 4) is 11.3 Å². The van der Waals surface area contributed by atoms with E-state index in [1.807, 2.05) is 0 Å². The van der Waals surface area contributed by atoms with E-state index in [1.54, 1.807) is 18.2 Å². The summed E-state index contributed by atoms with van der Waals surface area (Å²) in [6.07, 6.45) is 5.32. The number of imide groups is 2. The number of H-pyrrole nitrogens is 1. The number of nitrogens with zero attached hydrogens (tertiary/aromatic N) is 2. The van der Waals surface area contributed by atoms with Gasteiger partial charge in [0.25, 0.3) is 11.8 Å². The van der Waals surface area contributed by atoms with Gasteiger partial charge >= 0.3 is 0 Å². The molecule has 3 heterocycles. The SMILES string of the molecule is CN(CCCCCC(=O)NCCOCCOCCOCCNc1cccc2c1C(=O)N(C1CCC(=O)NC1=O)C2=O)Cc1ccc(-c2[nH]c3cc(F)cc4c3c2CCCC4=O)cc1. The molecule has 1 aliphatic carbocycles. The summed E-state index contributed by atoms with van der Waals surface area (Å²) in [6, 6.07) is 15.1. The summed E-state index contributed by atoms with van der Waals surface area (Å²) in [5, 5.41) is 9.09. The second kappa shape index (κ2) is 21.5. The van der Waals surface area contributed by atoms with Crippen LogP contribution in [0.3, 0.4) is 0 Å². The van der Waals surface area contributed by atoms with Crippen molar-refractivity contribution in [2.75, 3.05) is 71.6 Å². The van der Waals surface area contributed by atoms with Crippen molar-refractivity contribution in [3.05, 3.63) is 88.2 Å². The maximum Gasteiger partial charge on any atom is 0.264 e. The van der Waals surface area contributed by atoms with Gasteiger partial charge in [0.2, 0.25) is 17.7 Å². The normalized spacial score (nSPS) is 16.2. The number of halogens is 1. The van der Waals surface area contributed by atoms with Gasteiger partial charge in [-0.3, -0.25) is 39.0 Å². The lowest BCUT2D eigenvalue weighted by molar-refractivity contribution is -0.136. The Labute approximate surface area is 365 Å². The number of rotatable bonds is 23. The number of anilines is 1. The third-order valence-corrected chi connectivity index (χ3v) is 11.6. The number of hydrogen-bond acceptors (Lipinski definition) is 11. The summed E-state index contributed by atoms with van der Waals surface area (Å²) in [4.78, 5) is 81.6. The van der Waals surface area contributed by atoms with Gasteiger partial charge in [-0.15, -0.1) is 0 Å². The minimum absolute atomic E-state index is 0.00116. The molecule has 1 unspecified atom stereocenters. The molecule has 0 saturated carbocycles. The van der Waals surface area contributed by atoms with E-state index in [-0.39, 0.29) is 35.7 Å². The monoisotopic (exact) mass is 866 g/mol. The van der Waals surface area contributed by atoms with Crippen LogP contribution in [0.15, 0.2) is 54.6 Å². The molecular formula is C47H55FN6O9. The maximum absolute atomic E-state index is 14.3. The molecule has 5 amide bonds. The predicted octanol–water partition coefficient (Wildman–Crippen LogP) is 5.16. The average Bonchev–Trinajstić information content (AvgIpc) is 3.68.